The lowest BCUT2D eigenvalue weighted by atomic mass is 10.1. The van der Waals surface area contributed by atoms with Gasteiger partial charge in [0, 0.05) is 6.42 Å². The second-order valence-corrected chi connectivity index (χ2v) is 4.75. The predicted octanol–water partition coefficient (Wildman–Crippen LogP) is 4.63. The molecule has 0 aliphatic heterocycles. The van der Waals surface area contributed by atoms with Crippen molar-refractivity contribution in [3.63, 3.8) is 0 Å². The molecule has 0 N–H and O–H groups in total. The van der Waals surface area contributed by atoms with E-state index in [4.69, 9.17) is 4.74 Å². The summed E-state index contributed by atoms with van der Waals surface area (Å²) in [4.78, 5) is 11.2. The molecule has 0 radical (unpaired) electrons. The quantitative estimate of drug-likeness (QED) is 0.316. The Kier molecular flexibility index (Phi) is 11.1. The van der Waals surface area contributed by atoms with Crippen LogP contribution in [0.25, 0.3) is 0 Å². The molecule has 0 heterocycles. The largest absolute Gasteiger partial charge is 0.463 e. The molecule has 0 spiro atoms. The average Bonchev–Trinajstić information content (AvgIpc) is 2.26. The summed E-state index contributed by atoms with van der Waals surface area (Å²) in [7, 11) is 0. The van der Waals surface area contributed by atoms with E-state index in [-0.39, 0.29) is 12.1 Å². The highest BCUT2D eigenvalue weighted by molar-refractivity contribution is 5.69. The lowest BCUT2D eigenvalue weighted by molar-refractivity contribution is -0.147. The monoisotopic (exact) mass is 240 g/mol. The van der Waals surface area contributed by atoms with Gasteiger partial charge in [-0.25, -0.2) is 0 Å². The van der Waals surface area contributed by atoms with Gasteiger partial charge < -0.3 is 4.74 Å². The fourth-order valence-corrected chi connectivity index (χ4v) is 1.62. The lowest BCUT2D eigenvalue weighted by Gasteiger charge is -2.05. The maximum atomic E-state index is 11.2. The molecule has 0 unspecified atom stereocenters. The smallest absolute Gasteiger partial charge is 0.306 e. The molecule has 0 aromatic heterocycles. The molecule has 0 aromatic rings. The van der Waals surface area contributed by atoms with Crippen LogP contribution in [0.4, 0.5) is 0 Å². The highest BCUT2D eigenvalue weighted by Crippen LogP contribution is 2.06. The van der Waals surface area contributed by atoms with Crippen molar-refractivity contribution in [3.05, 3.63) is 12.2 Å². The number of carbonyl (C=O) groups excluding carboxylic acids is 1. The first-order valence-corrected chi connectivity index (χ1v) is 7.01. The Bertz CT molecular complexity index is 207. The SMILES string of the molecule is CCCCCCC/C=C\CCC(=O)OC(C)C. The van der Waals surface area contributed by atoms with Crippen molar-refractivity contribution in [2.75, 3.05) is 0 Å². The van der Waals surface area contributed by atoms with Crippen molar-refractivity contribution < 1.29 is 9.53 Å². The summed E-state index contributed by atoms with van der Waals surface area (Å²) in [6, 6.07) is 0. The van der Waals surface area contributed by atoms with Crippen molar-refractivity contribution in [1.82, 2.24) is 0 Å². The summed E-state index contributed by atoms with van der Waals surface area (Å²) in [5, 5.41) is 0. The van der Waals surface area contributed by atoms with E-state index in [0.29, 0.717) is 6.42 Å². The van der Waals surface area contributed by atoms with Crippen molar-refractivity contribution in [2.45, 2.75) is 78.2 Å². The molecule has 2 heteroatoms. The molecule has 0 saturated heterocycles. The molecule has 0 aliphatic carbocycles. The molecule has 0 aliphatic rings. The summed E-state index contributed by atoms with van der Waals surface area (Å²) in [5.74, 6) is -0.0902. The number of rotatable bonds is 10. The molecule has 0 aromatic carbocycles. The number of unbranched alkanes of at least 4 members (excludes halogenated alkanes) is 5. The summed E-state index contributed by atoms with van der Waals surface area (Å²) in [6.45, 7) is 5.99. The summed E-state index contributed by atoms with van der Waals surface area (Å²) in [5.41, 5.74) is 0. The summed E-state index contributed by atoms with van der Waals surface area (Å²) >= 11 is 0. The Balaban J connectivity index is 3.27. The van der Waals surface area contributed by atoms with E-state index in [9.17, 15) is 4.79 Å². The van der Waals surface area contributed by atoms with Gasteiger partial charge in [-0.3, -0.25) is 4.79 Å². The fraction of sp³-hybridized carbons (Fsp3) is 0.800. The minimum atomic E-state index is -0.0902. The van der Waals surface area contributed by atoms with Crippen molar-refractivity contribution in [2.24, 2.45) is 0 Å². The lowest BCUT2D eigenvalue weighted by Crippen LogP contribution is -2.10. The zero-order valence-electron chi connectivity index (χ0n) is 11.7. The van der Waals surface area contributed by atoms with Crippen molar-refractivity contribution >= 4 is 5.97 Å². The highest BCUT2D eigenvalue weighted by Gasteiger charge is 2.02. The van der Waals surface area contributed by atoms with Gasteiger partial charge in [0.2, 0.25) is 0 Å². The maximum absolute atomic E-state index is 11.2. The van der Waals surface area contributed by atoms with E-state index < -0.39 is 0 Å². The first-order chi connectivity index (χ1) is 8.16. The van der Waals surface area contributed by atoms with Gasteiger partial charge in [-0.15, -0.1) is 0 Å². The van der Waals surface area contributed by atoms with Crippen LogP contribution in [0.1, 0.15) is 72.1 Å². The van der Waals surface area contributed by atoms with Gasteiger partial charge in [0.05, 0.1) is 6.10 Å². The Morgan fingerprint density at radius 1 is 1.06 bits per heavy atom. The Morgan fingerprint density at radius 2 is 1.71 bits per heavy atom. The molecular formula is C15H28O2. The third-order valence-electron chi connectivity index (χ3n) is 2.52. The predicted molar refractivity (Wildman–Crippen MR) is 73.0 cm³/mol. The third kappa shape index (κ3) is 13.1. The molecule has 0 bridgehead atoms. The molecule has 2 nitrogen and oxygen atoms in total. The second-order valence-electron chi connectivity index (χ2n) is 4.75. The Labute approximate surface area is 106 Å². The Morgan fingerprint density at radius 3 is 2.35 bits per heavy atom. The first-order valence-electron chi connectivity index (χ1n) is 7.01. The topological polar surface area (TPSA) is 26.3 Å². The number of hydrogen-bond donors (Lipinski definition) is 0. The van der Waals surface area contributed by atoms with Crippen LogP contribution in [0, 0.1) is 0 Å². The van der Waals surface area contributed by atoms with Crippen LogP contribution in [0.15, 0.2) is 12.2 Å². The van der Waals surface area contributed by atoms with Gasteiger partial charge in [0.15, 0.2) is 0 Å². The van der Waals surface area contributed by atoms with Crippen molar-refractivity contribution in [3.8, 4) is 0 Å². The van der Waals surface area contributed by atoms with Gasteiger partial charge in [-0.2, -0.15) is 0 Å². The number of ether oxygens (including phenoxy) is 1. The molecule has 17 heavy (non-hydrogen) atoms. The molecule has 0 saturated carbocycles. The van der Waals surface area contributed by atoms with E-state index in [1.54, 1.807) is 0 Å². The van der Waals surface area contributed by atoms with Crippen LogP contribution in [-0.2, 0) is 9.53 Å². The number of esters is 1. The first kappa shape index (κ1) is 16.2. The van der Waals surface area contributed by atoms with Gasteiger partial charge in [0.25, 0.3) is 0 Å². The zero-order chi connectivity index (χ0) is 12.9. The van der Waals surface area contributed by atoms with Crippen LogP contribution >= 0.6 is 0 Å². The Hall–Kier alpha value is -0.790. The van der Waals surface area contributed by atoms with Crippen LogP contribution in [0.5, 0.6) is 0 Å². The average molecular weight is 240 g/mol. The van der Waals surface area contributed by atoms with Crippen LogP contribution in [0.3, 0.4) is 0 Å². The van der Waals surface area contributed by atoms with E-state index >= 15 is 0 Å². The van der Waals surface area contributed by atoms with E-state index in [2.05, 4.69) is 19.1 Å². The van der Waals surface area contributed by atoms with Gasteiger partial charge >= 0.3 is 5.97 Å². The molecule has 0 fully saturated rings. The highest BCUT2D eigenvalue weighted by atomic mass is 16.5. The van der Waals surface area contributed by atoms with E-state index in [1.807, 2.05) is 13.8 Å². The van der Waals surface area contributed by atoms with Gasteiger partial charge in [0.1, 0.15) is 0 Å². The molecule has 0 amide bonds. The fourth-order valence-electron chi connectivity index (χ4n) is 1.62. The van der Waals surface area contributed by atoms with Gasteiger partial charge in [-0.05, 0) is 33.1 Å². The van der Waals surface area contributed by atoms with Crippen LogP contribution < -0.4 is 0 Å². The standard InChI is InChI=1S/C15H28O2/c1-4-5-6-7-8-9-10-11-12-13-15(16)17-14(2)3/h10-11,14H,4-9,12-13H2,1-3H3/b11-10-. The van der Waals surface area contributed by atoms with Gasteiger partial charge in [-0.1, -0.05) is 44.8 Å². The molecule has 0 rings (SSSR count). The maximum Gasteiger partial charge on any atom is 0.306 e. The minimum Gasteiger partial charge on any atom is -0.463 e. The molecular weight excluding hydrogens is 212 g/mol. The normalized spacial score (nSPS) is 11.3. The van der Waals surface area contributed by atoms with Crippen molar-refractivity contribution in [1.29, 1.82) is 0 Å². The molecule has 100 valence electrons. The van der Waals surface area contributed by atoms with Crippen LogP contribution in [-0.4, -0.2) is 12.1 Å². The summed E-state index contributed by atoms with van der Waals surface area (Å²) < 4.78 is 5.05. The van der Waals surface area contributed by atoms with Crippen LogP contribution in [0.2, 0.25) is 0 Å². The number of hydrogen-bond acceptors (Lipinski definition) is 2. The van der Waals surface area contributed by atoms with E-state index in [1.165, 1.54) is 32.1 Å². The third-order valence-corrected chi connectivity index (χ3v) is 2.52. The van der Waals surface area contributed by atoms with E-state index in [0.717, 1.165) is 12.8 Å². The number of allylic oxidation sites excluding steroid dienone is 2. The summed E-state index contributed by atoms with van der Waals surface area (Å²) in [6.07, 6.45) is 13.3. The number of carbonyl (C=O) groups is 1. The second kappa shape index (κ2) is 11.7. The minimum absolute atomic E-state index is 0.00467. The molecule has 0 atom stereocenters. The zero-order valence-corrected chi connectivity index (χ0v) is 11.7.